The van der Waals surface area contributed by atoms with Crippen molar-refractivity contribution in [3.63, 3.8) is 0 Å². The van der Waals surface area contributed by atoms with E-state index in [0.29, 0.717) is 12.0 Å². The van der Waals surface area contributed by atoms with Gasteiger partial charge in [-0.3, -0.25) is 24.2 Å². The van der Waals surface area contributed by atoms with Crippen molar-refractivity contribution >= 4 is 17.5 Å². The third-order valence-corrected chi connectivity index (χ3v) is 8.56. The zero-order chi connectivity index (χ0) is 27.1. The summed E-state index contributed by atoms with van der Waals surface area (Å²) in [6, 6.07) is -0.116. The number of primary amides is 1. The average molecular weight is 516 g/mol. The summed E-state index contributed by atoms with van der Waals surface area (Å²) in [7, 11) is 4.96. The number of hydrogen-bond acceptors (Lipinski definition) is 9. The molecule has 5 rings (SSSR count). The molecule has 0 bridgehead atoms. The number of aliphatic hydroxyl groups is 3. The van der Waals surface area contributed by atoms with Crippen LogP contribution in [0.15, 0.2) is 28.7 Å². The number of halogens is 1. The molecule has 1 amide bonds. The number of amides is 1. The maximum Gasteiger partial charge on any atom is 0.255 e. The van der Waals surface area contributed by atoms with Gasteiger partial charge in [0.15, 0.2) is 11.4 Å². The van der Waals surface area contributed by atoms with Crippen LogP contribution < -0.4 is 5.73 Å². The van der Waals surface area contributed by atoms with Gasteiger partial charge in [0.05, 0.1) is 11.6 Å². The monoisotopic (exact) mass is 515 g/mol. The smallest absolute Gasteiger partial charge is 0.255 e. The second-order valence-corrected chi connectivity index (χ2v) is 10.8. The highest BCUT2D eigenvalue weighted by Crippen LogP contribution is 2.53. The molecule has 37 heavy (non-hydrogen) atoms. The number of allylic oxidation sites excluding steroid dienone is 1. The van der Waals surface area contributed by atoms with E-state index in [9.17, 15) is 34.8 Å². The van der Waals surface area contributed by atoms with E-state index >= 15 is 4.39 Å². The van der Waals surface area contributed by atoms with E-state index < -0.39 is 69.6 Å². The maximum absolute atomic E-state index is 15.9. The Kier molecular flexibility index (Phi) is 5.74. The first-order valence-electron chi connectivity index (χ1n) is 12.2. The minimum atomic E-state index is -2.72. The fourth-order valence-corrected chi connectivity index (χ4v) is 6.86. The van der Waals surface area contributed by atoms with Gasteiger partial charge in [0.2, 0.25) is 5.78 Å². The van der Waals surface area contributed by atoms with Crippen LogP contribution in [0.5, 0.6) is 5.75 Å². The first-order chi connectivity index (χ1) is 17.3. The van der Waals surface area contributed by atoms with Gasteiger partial charge in [-0.1, -0.05) is 0 Å². The predicted octanol–water partition coefficient (Wildman–Crippen LogP) is 1.03. The van der Waals surface area contributed by atoms with Crippen LogP contribution >= 0.6 is 0 Å². The number of phenols is 1. The number of Topliss-reactive ketones (excluding diaryl/α,β-unsaturated/α-hetero) is 2. The molecule has 1 fully saturated rings. The number of phenolic OH excluding ortho intramolecular Hbond substituents is 1. The number of aliphatic hydroxyl groups excluding tert-OH is 2. The lowest BCUT2D eigenvalue weighted by atomic mass is 9.58. The summed E-state index contributed by atoms with van der Waals surface area (Å²) < 4.78 is 15.9. The molecule has 10 nitrogen and oxygen atoms in total. The summed E-state index contributed by atoms with van der Waals surface area (Å²) in [6.45, 7) is 0.773. The van der Waals surface area contributed by atoms with Crippen molar-refractivity contribution in [2.24, 2.45) is 17.6 Å². The number of rotatable bonds is 3. The van der Waals surface area contributed by atoms with Crippen molar-refractivity contribution in [3.05, 3.63) is 51.2 Å². The first-order valence-corrected chi connectivity index (χ1v) is 12.2. The number of aromatic hydroxyl groups is 1. The molecular formula is C26H30FN3O7. The highest BCUT2D eigenvalue weighted by Gasteiger charge is 2.63. The largest absolute Gasteiger partial charge is 0.510 e. The highest BCUT2D eigenvalue weighted by atomic mass is 19.1. The molecule has 11 heteroatoms. The fraction of sp³-hybridized carbons (Fsp3) is 0.500. The molecular weight excluding hydrogens is 485 g/mol. The number of fused-ring (bicyclic) bond motifs is 3. The average Bonchev–Trinajstić information content (AvgIpc) is 3.23. The summed E-state index contributed by atoms with van der Waals surface area (Å²) in [5.74, 6) is -8.10. The minimum absolute atomic E-state index is 0.0217. The van der Waals surface area contributed by atoms with Crippen molar-refractivity contribution in [3.8, 4) is 5.75 Å². The van der Waals surface area contributed by atoms with E-state index in [-0.39, 0.29) is 35.6 Å². The molecule has 1 aromatic carbocycles. The molecule has 0 spiro atoms. The Morgan fingerprint density at radius 3 is 2.49 bits per heavy atom. The molecule has 1 aromatic rings. The summed E-state index contributed by atoms with van der Waals surface area (Å²) in [6.07, 6.45) is 1.41. The number of likely N-dealkylation sites (N-methyl/N-ethyl adjacent to an activating group) is 1. The molecule has 0 saturated carbocycles. The summed E-state index contributed by atoms with van der Waals surface area (Å²) >= 11 is 0. The van der Waals surface area contributed by atoms with Crippen LogP contribution in [0.25, 0.3) is 0 Å². The van der Waals surface area contributed by atoms with E-state index in [0.717, 1.165) is 13.0 Å². The van der Waals surface area contributed by atoms with Gasteiger partial charge in [0, 0.05) is 28.7 Å². The van der Waals surface area contributed by atoms with E-state index in [1.807, 2.05) is 11.9 Å². The Morgan fingerprint density at radius 1 is 1.24 bits per heavy atom. The molecule has 5 atom stereocenters. The van der Waals surface area contributed by atoms with Gasteiger partial charge in [-0.05, 0) is 65.4 Å². The highest BCUT2D eigenvalue weighted by molar-refractivity contribution is 6.24. The molecule has 0 aromatic heterocycles. The second kappa shape index (κ2) is 8.37. The Morgan fingerprint density at radius 2 is 1.92 bits per heavy atom. The zero-order valence-corrected chi connectivity index (χ0v) is 20.8. The van der Waals surface area contributed by atoms with E-state index in [2.05, 4.69) is 0 Å². The third kappa shape index (κ3) is 3.30. The van der Waals surface area contributed by atoms with Crippen LogP contribution in [0.2, 0.25) is 0 Å². The summed E-state index contributed by atoms with van der Waals surface area (Å²) in [5, 5.41) is 44.5. The molecule has 198 valence electrons. The van der Waals surface area contributed by atoms with Crippen LogP contribution in [-0.2, 0) is 16.0 Å². The number of likely N-dealkylation sites (tertiary alicyclic amines) is 1. The second-order valence-electron chi connectivity index (χ2n) is 10.8. The molecule has 1 unspecified atom stereocenters. The molecule has 0 radical (unpaired) electrons. The molecule has 1 saturated heterocycles. The minimum Gasteiger partial charge on any atom is -0.510 e. The van der Waals surface area contributed by atoms with Crippen molar-refractivity contribution in [2.75, 3.05) is 27.7 Å². The molecule has 1 heterocycles. The number of benzene rings is 1. The Hall–Kier alpha value is -3.28. The lowest BCUT2D eigenvalue weighted by molar-refractivity contribution is -0.148. The van der Waals surface area contributed by atoms with Gasteiger partial charge in [-0.25, -0.2) is 4.39 Å². The molecule has 6 N–H and O–H groups in total. The van der Waals surface area contributed by atoms with Crippen LogP contribution in [0.4, 0.5) is 4.39 Å². The lowest BCUT2D eigenvalue weighted by Crippen LogP contribution is -2.63. The number of hydrogen-bond donors (Lipinski definition) is 5. The predicted molar refractivity (Wildman–Crippen MR) is 128 cm³/mol. The topological polar surface area (TPSA) is 165 Å². The van der Waals surface area contributed by atoms with Gasteiger partial charge in [0.1, 0.15) is 28.7 Å². The number of nitrogens with zero attached hydrogens (tertiary/aromatic N) is 2. The quantitative estimate of drug-likeness (QED) is 0.370. The number of carbonyl (C=O) groups is 3. The fourth-order valence-electron chi connectivity index (χ4n) is 6.86. The van der Waals surface area contributed by atoms with Crippen LogP contribution in [0, 0.1) is 17.7 Å². The van der Waals surface area contributed by atoms with Gasteiger partial charge in [-0.15, -0.1) is 0 Å². The van der Waals surface area contributed by atoms with Gasteiger partial charge >= 0.3 is 0 Å². The zero-order valence-electron chi connectivity index (χ0n) is 20.8. The van der Waals surface area contributed by atoms with Crippen molar-refractivity contribution in [2.45, 2.75) is 43.4 Å². The lowest BCUT2D eigenvalue weighted by Gasteiger charge is -2.50. The molecule has 3 aliphatic carbocycles. The van der Waals surface area contributed by atoms with Gasteiger partial charge < -0.3 is 26.2 Å². The maximum atomic E-state index is 15.9. The van der Waals surface area contributed by atoms with Crippen LogP contribution in [0.1, 0.15) is 46.8 Å². The Balaban J connectivity index is 1.69. The Labute approximate surface area is 212 Å². The van der Waals surface area contributed by atoms with Gasteiger partial charge in [-0.2, -0.15) is 0 Å². The molecule has 4 aliphatic rings. The number of nitrogens with two attached hydrogens (primary N) is 1. The summed E-state index contributed by atoms with van der Waals surface area (Å²) in [4.78, 5) is 42.4. The van der Waals surface area contributed by atoms with Gasteiger partial charge in [0.25, 0.3) is 5.91 Å². The van der Waals surface area contributed by atoms with Crippen LogP contribution in [-0.4, -0.2) is 87.0 Å². The van der Waals surface area contributed by atoms with E-state index in [1.54, 1.807) is 14.1 Å². The van der Waals surface area contributed by atoms with Crippen molar-refractivity contribution < 1.29 is 39.2 Å². The normalized spacial score (nSPS) is 32.1. The van der Waals surface area contributed by atoms with E-state index in [1.165, 1.54) is 11.0 Å². The van der Waals surface area contributed by atoms with Crippen molar-refractivity contribution in [1.29, 1.82) is 0 Å². The molecule has 1 aliphatic heterocycles. The van der Waals surface area contributed by atoms with Crippen molar-refractivity contribution in [1.82, 2.24) is 9.80 Å². The number of carbonyl (C=O) groups excluding carboxylic acids is 3. The SMILES string of the molecule is CN1CCCC1c1cc(O)c2c(c1F)C[C@H]1C[C@H]3[C@H](N(C)C)C(O)=C(C(N)=O)C(=O)[C@@]3(O)C(O)=C1C2=O. The number of ketones is 2. The van der Waals surface area contributed by atoms with E-state index in [4.69, 9.17) is 5.73 Å². The standard InChI is InChI=1S/C26H30FN3O7/c1-29(2)20-13-8-10-7-12-17(15(31)9-11(19(12)27)14-5-4-6-30(14)3)21(32)16(10)23(34)26(13,37)24(35)18(22(20)33)25(28)36/h9-10,13-14,20,31,33-34,37H,4-8H2,1-3H3,(H2,28,36)/t10-,13-,14?,20-,26-/m0/s1. The van der Waals surface area contributed by atoms with Crippen LogP contribution in [0.3, 0.4) is 0 Å². The first kappa shape index (κ1) is 25.4. The summed E-state index contributed by atoms with van der Waals surface area (Å²) in [5.41, 5.74) is 1.43. The Bertz CT molecular complexity index is 1320. The third-order valence-electron chi connectivity index (χ3n) is 8.56.